The van der Waals surface area contributed by atoms with Crippen molar-refractivity contribution in [3.63, 3.8) is 0 Å². The van der Waals surface area contributed by atoms with E-state index >= 15 is 0 Å². The second-order valence-electron chi connectivity index (χ2n) is 9.50. The molecule has 3 heterocycles. The van der Waals surface area contributed by atoms with E-state index < -0.39 is 0 Å². The number of hydrogen-bond acceptors (Lipinski definition) is 6. The first-order valence-electron chi connectivity index (χ1n) is 11.7. The summed E-state index contributed by atoms with van der Waals surface area (Å²) < 4.78 is 8.12. The van der Waals surface area contributed by atoms with Gasteiger partial charge in [0.2, 0.25) is 0 Å². The number of halogens is 1. The van der Waals surface area contributed by atoms with Gasteiger partial charge in [0.1, 0.15) is 27.9 Å². The van der Waals surface area contributed by atoms with E-state index in [1.54, 1.807) is 6.20 Å². The number of nitrogens with one attached hydrogen (secondary N) is 1. The van der Waals surface area contributed by atoms with E-state index in [2.05, 4.69) is 39.0 Å². The Morgan fingerprint density at radius 1 is 1.11 bits per heavy atom. The first-order chi connectivity index (χ1) is 16.9. The smallest absolute Gasteiger partial charge is 0.148 e. The number of H-pyrrole nitrogens is 1. The van der Waals surface area contributed by atoms with Gasteiger partial charge in [0.05, 0.1) is 41.2 Å². The number of ether oxygens (including phenoxy) is 1. The predicted molar refractivity (Wildman–Crippen MR) is 137 cm³/mol. The summed E-state index contributed by atoms with van der Waals surface area (Å²) in [5, 5.41) is 5.02. The zero-order valence-electron chi connectivity index (χ0n) is 19.9. The van der Waals surface area contributed by atoms with Crippen molar-refractivity contribution in [1.29, 1.82) is 0 Å². The summed E-state index contributed by atoms with van der Waals surface area (Å²) in [7, 11) is 4.29. The molecule has 9 heteroatoms. The second kappa shape index (κ2) is 8.32. The molecule has 0 saturated heterocycles. The standard InChI is InChI=1S/C26H26ClN7O/c1-16-30-19-6-5-18(11-21(19)31-16)35-23-8-7-20-25(24(23)27)32-22(13-28-20)17-12-29-34(14-17)15-26(33(2)3)9-4-10-26/h5-8,11-14H,4,9-10,15H2,1-3H3,(H,30,31). The molecule has 0 aliphatic heterocycles. The fourth-order valence-corrected chi connectivity index (χ4v) is 5.01. The molecule has 2 aromatic carbocycles. The number of aromatic amines is 1. The predicted octanol–water partition coefficient (Wildman–Crippen LogP) is 5.61. The van der Waals surface area contributed by atoms with Crippen molar-refractivity contribution >= 4 is 33.7 Å². The molecule has 6 rings (SSSR count). The van der Waals surface area contributed by atoms with Crippen LogP contribution >= 0.6 is 11.6 Å². The average molecular weight is 488 g/mol. The molecule has 35 heavy (non-hydrogen) atoms. The summed E-state index contributed by atoms with van der Waals surface area (Å²) in [4.78, 5) is 19.4. The first kappa shape index (κ1) is 22.0. The number of rotatable bonds is 6. The van der Waals surface area contributed by atoms with Gasteiger partial charge in [-0.05, 0) is 64.5 Å². The molecule has 178 valence electrons. The van der Waals surface area contributed by atoms with Gasteiger partial charge >= 0.3 is 0 Å². The zero-order chi connectivity index (χ0) is 24.2. The Bertz CT molecular complexity index is 1550. The van der Waals surface area contributed by atoms with Gasteiger partial charge in [0.25, 0.3) is 0 Å². The van der Waals surface area contributed by atoms with Gasteiger partial charge in [-0.3, -0.25) is 9.67 Å². The van der Waals surface area contributed by atoms with Crippen LogP contribution in [0.15, 0.2) is 48.9 Å². The highest BCUT2D eigenvalue weighted by atomic mass is 35.5. The molecule has 1 N–H and O–H groups in total. The van der Waals surface area contributed by atoms with Crippen molar-refractivity contribution in [3.8, 4) is 22.8 Å². The lowest BCUT2D eigenvalue weighted by Crippen LogP contribution is -2.53. The van der Waals surface area contributed by atoms with Crippen molar-refractivity contribution in [3.05, 3.63) is 59.8 Å². The van der Waals surface area contributed by atoms with Gasteiger partial charge in [0, 0.05) is 23.4 Å². The maximum Gasteiger partial charge on any atom is 0.148 e. The van der Waals surface area contributed by atoms with E-state index in [0.29, 0.717) is 27.6 Å². The molecule has 1 aliphatic carbocycles. The quantitative estimate of drug-likeness (QED) is 0.335. The fourth-order valence-electron chi connectivity index (χ4n) is 4.77. The van der Waals surface area contributed by atoms with Crippen molar-refractivity contribution in [2.24, 2.45) is 0 Å². The summed E-state index contributed by atoms with van der Waals surface area (Å²) in [5.41, 5.74) is 4.93. The van der Waals surface area contributed by atoms with Gasteiger partial charge in [0.15, 0.2) is 0 Å². The van der Waals surface area contributed by atoms with E-state index in [0.717, 1.165) is 34.7 Å². The SMILES string of the molecule is Cc1nc2ccc(Oc3ccc4ncc(-c5cnn(CC6(N(C)C)CCC6)c5)nc4c3Cl)cc2[nH]1. The molecule has 8 nitrogen and oxygen atoms in total. The van der Waals surface area contributed by atoms with Gasteiger partial charge < -0.3 is 14.6 Å². The van der Waals surface area contributed by atoms with E-state index in [4.69, 9.17) is 21.3 Å². The summed E-state index contributed by atoms with van der Waals surface area (Å²) in [6.07, 6.45) is 9.29. The van der Waals surface area contributed by atoms with Crippen LogP contribution in [0.2, 0.25) is 5.02 Å². The van der Waals surface area contributed by atoms with Crippen LogP contribution in [0.1, 0.15) is 25.1 Å². The van der Waals surface area contributed by atoms with Crippen LogP contribution in [0.25, 0.3) is 33.3 Å². The van der Waals surface area contributed by atoms with Crippen LogP contribution in [-0.4, -0.2) is 54.3 Å². The van der Waals surface area contributed by atoms with Crippen LogP contribution < -0.4 is 4.74 Å². The largest absolute Gasteiger partial charge is 0.456 e. The van der Waals surface area contributed by atoms with Crippen molar-refractivity contribution < 1.29 is 4.74 Å². The lowest BCUT2D eigenvalue weighted by Gasteiger charge is -2.47. The molecule has 0 unspecified atom stereocenters. The van der Waals surface area contributed by atoms with Crippen molar-refractivity contribution in [2.45, 2.75) is 38.3 Å². The Hall–Kier alpha value is -3.49. The number of benzene rings is 2. The monoisotopic (exact) mass is 487 g/mol. The van der Waals surface area contributed by atoms with E-state index in [9.17, 15) is 0 Å². The number of imidazole rings is 1. The Morgan fingerprint density at radius 2 is 1.94 bits per heavy atom. The van der Waals surface area contributed by atoms with E-state index in [-0.39, 0.29) is 5.54 Å². The Labute approximate surface area is 207 Å². The van der Waals surface area contributed by atoms with Crippen LogP contribution in [0.4, 0.5) is 0 Å². The topological polar surface area (TPSA) is 84.8 Å². The molecule has 0 radical (unpaired) electrons. The van der Waals surface area contributed by atoms with Gasteiger partial charge in [-0.25, -0.2) is 9.97 Å². The third kappa shape index (κ3) is 3.92. The molecule has 1 aliphatic rings. The molecule has 1 fully saturated rings. The maximum absolute atomic E-state index is 6.75. The number of nitrogens with zero attached hydrogens (tertiary/aromatic N) is 6. The third-order valence-corrected chi connectivity index (χ3v) is 7.40. The fraction of sp³-hybridized carbons (Fsp3) is 0.308. The minimum atomic E-state index is 0.186. The molecule has 0 bridgehead atoms. The molecular formula is C26H26ClN7O. The number of hydrogen-bond donors (Lipinski definition) is 1. The van der Waals surface area contributed by atoms with Crippen LogP contribution in [0.5, 0.6) is 11.5 Å². The zero-order valence-corrected chi connectivity index (χ0v) is 20.7. The summed E-state index contributed by atoms with van der Waals surface area (Å²) >= 11 is 6.75. The maximum atomic E-state index is 6.75. The van der Waals surface area contributed by atoms with E-state index in [1.807, 2.05) is 54.3 Å². The molecule has 3 aromatic heterocycles. The number of likely N-dealkylation sites (N-methyl/N-ethyl adjacent to an activating group) is 1. The first-order valence-corrected chi connectivity index (χ1v) is 12.1. The highest BCUT2D eigenvalue weighted by Gasteiger charge is 2.39. The normalized spacial score (nSPS) is 15.1. The summed E-state index contributed by atoms with van der Waals surface area (Å²) in [6, 6.07) is 9.39. The third-order valence-electron chi connectivity index (χ3n) is 7.04. The van der Waals surface area contributed by atoms with Crippen LogP contribution in [0, 0.1) is 6.92 Å². The lowest BCUT2D eigenvalue weighted by atomic mass is 9.75. The van der Waals surface area contributed by atoms with Crippen LogP contribution in [-0.2, 0) is 6.54 Å². The highest BCUT2D eigenvalue weighted by Crippen LogP contribution is 2.38. The molecule has 0 spiro atoms. The number of aryl methyl sites for hydroxylation is 1. The average Bonchev–Trinajstić information content (AvgIpc) is 3.43. The minimum Gasteiger partial charge on any atom is -0.456 e. The molecule has 5 aromatic rings. The second-order valence-corrected chi connectivity index (χ2v) is 9.88. The van der Waals surface area contributed by atoms with Crippen molar-refractivity contribution in [2.75, 3.05) is 14.1 Å². The van der Waals surface area contributed by atoms with Gasteiger partial charge in [-0.1, -0.05) is 11.6 Å². The Kier molecular flexibility index (Phi) is 5.23. The highest BCUT2D eigenvalue weighted by molar-refractivity contribution is 6.36. The minimum absolute atomic E-state index is 0.186. The molecule has 1 saturated carbocycles. The lowest BCUT2D eigenvalue weighted by molar-refractivity contribution is 0.0389. The van der Waals surface area contributed by atoms with Gasteiger partial charge in [-0.2, -0.15) is 5.10 Å². The van der Waals surface area contributed by atoms with Crippen molar-refractivity contribution in [1.82, 2.24) is 34.6 Å². The van der Waals surface area contributed by atoms with Crippen LogP contribution in [0.3, 0.4) is 0 Å². The number of aromatic nitrogens is 6. The van der Waals surface area contributed by atoms with Gasteiger partial charge in [-0.15, -0.1) is 0 Å². The number of fused-ring (bicyclic) bond motifs is 2. The molecule has 0 amide bonds. The molecular weight excluding hydrogens is 462 g/mol. The Balaban J connectivity index is 1.29. The summed E-state index contributed by atoms with van der Waals surface area (Å²) in [5.74, 6) is 2.05. The summed E-state index contributed by atoms with van der Waals surface area (Å²) in [6.45, 7) is 2.79. The van der Waals surface area contributed by atoms with E-state index in [1.165, 1.54) is 19.3 Å². The molecule has 0 atom stereocenters. The Morgan fingerprint density at radius 3 is 2.71 bits per heavy atom.